The zero-order valence-corrected chi connectivity index (χ0v) is 43.9. The molecule has 354 valence electrons. The first-order valence-corrected chi connectivity index (χ1v) is 28.9. The highest BCUT2D eigenvalue weighted by Gasteiger charge is 2.24. The van der Waals surface area contributed by atoms with Crippen molar-refractivity contribution >= 4 is 88.6 Å². The van der Waals surface area contributed by atoms with Gasteiger partial charge in [-0.2, -0.15) is 0 Å². The fraction of sp³-hybridized carbons (Fsp3) is 0.0909. The van der Waals surface area contributed by atoms with Gasteiger partial charge in [0.15, 0.2) is 0 Å². The van der Waals surface area contributed by atoms with Crippen LogP contribution in [0.15, 0.2) is 255 Å². The van der Waals surface area contributed by atoms with Gasteiger partial charge in [0.05, 0.1) is 0 Å². The number of hydrogen-bond donors (Lipinski definition) is 3. The van der Waals surface area contributed by atoms with Crippen molar-refractivity contribution in [3.63, 3.8) is 0 Å². The van der Waals surface area contributed by atoms with E-state index in [-0.39, 0.29) is 0 Å². The molecular formula is C66H60N3P3. The van der Waals surface area contributed by atoms with Crippen molar-refractivity contribution in [2.75, 3.05) is 16.0 Å². The summed E-state index contributed by atoms with van der Waals surface area (Å²) in [6, 6.07) is 92.9. The summed E-state index contributed by atoms with van der Waals surface area (Å²) in [7, 11) is -2.42. The van der Waals surface area contributed by atoms with Crippen LogP contribution in [0.2, 0.25) is 0 Å². The molecule has 0 heterocycles. The molecule has 0 radical (unpaired) electrons. The van der Waals surface area contributed by atoms with Crippen molar-refractivity contribution < 1.29 is 0 Å². The smallest absolute Gasteiger partial charge is 0.0427 e. The Morgan fingerprint density at radius 1 is 0.236 bits per heavy atom. The molecule has 0 aliphatic heterocycles. The second kappa shape index (κ2) is 23.4. The molecular weight excluding hydrogens is 928 g/mol. The number of benzene rings is 10. The van der Waals surface area contributed by atoms with E-state index in [0.717, 1.165) is 0 Å². The van der Waals surface area contributed by atoms with Crippen LogP contribution in [-0.2, 0) is 19.6 Å². The van der Waals surface area contributed by atoms with Crippen LogP contribution in [-0.4, -0.2) is 0 Å². The molecule has 0 aliphatic rings. The number of para-hydroxylation sites is 3. The van der Waals surface area contributed by atoms with Crippen LogP contribution in [0.25, 0.3) is 0 Å². The van der Waals surface area contributed by atoms with Crippen molar-refractivity contribution in [2.24, 2.45) is 0 Å². The Hall–Kier alpha value is -7.11. The van der Waals surface area contributed by atoms with Gasteiger partial charge in [0.2, 0.25) is 0 Å². The van der Waals surface area contributed by atoms with Gasteiger partial charge in [0, 0.05) is 52.6 Å². The molecule has 0 atom stereocenters. The normalized spacial score (nSPS) is 11.2. The molecule has 0 bridgehead atoms. The monoisotopic (exact) mass is 987 g/mol. The average Bonchev–Trinajstić information content (AvgIpc) is 3.44. The Kier molecular flexibility index (Phi) is 15.8. The predicted molar refractivity (Wildman–Crippen MR) is 318 cm³/mol. The summed E-state index contributed by atoms with van der Waals surface area (Å²) in [6.07, 6.45) is 0. The summed E-state index contributed by atoms with van der Waals surface area (Å²) < 4.78 is 0. The second-order valence-electron chi connectivity index (χ2n) is 17.9. The lowest BCUT2D eigenvalue weighted by atomic mass is 9.87. The molecule has 0 aromatic heterocycles. The van der Waals surface area contributed by atoms with Crippen molar-refractivity contribution in [3.05, 3.63) is 288 Å². The Morgan fingerprint density at radius 3 is 0.625 bits per heavy atom. The topological polar surface area (TPSA) is 36.1 Å². The number of hydrogen-bond acceptors (Lipinski definition) is 3. The van der Waals surface area contributed by atoms with Crippen molar-refractivity contribution in [2.45, 2.75) is 40.4 Å². The van der Waals surface area contributed by atoms with Crippen LogP contribution in [0.3, 0.4) is 0 Å². The summed E-state index contributed by atoms with van der Waals surface area (Å²) in [6.45, 7) is 9.09. The fourth-order valence-corrected chi connectivity index (χ4v) is 17.2. The van der Waals surface area contributed by atoms with E-state index >= 15 is 0 Å². The zero-order chi connectivity index (χ0) is 49.1. The predicted octanol–water partition coefficient (Wildman–Crippen LogP) is 12.7. The minimum atomic E-state index is -0.808. The Balaban J connectivity index is 1.04. The molecule has 0 fully saturated rings. The molecule has 10 aromatic carbocycles. The molecule has 0 spiro atoms. The maximum absolute atomic E-state index is 4.05. The third-order valence-electron chi connectivity index (χ3n) is 13.6. The number of anilines is 3. The maximum atomic E-state index is 4.05. The Labute approximate surface area is 430 Å². The van der Waals surface area contributed by atoms with Crippen molar-refractivity contribution in [1.29, 1.82) is 0 Å². The second-order valence-corrected chi connectivity index (χ2v) is 24.5. The van der Waals surface area contributed by atoms with E-state index in [0.29, 0.717) is 19.6 Å². The highest BCUT2D eigenvalue weighted by Crippen LogP contribution is 2.39. The first-order chi connectivity index (χ1) is 35.5. The Bertz CT molecular complexity index is 2840. The molecule has 0 unspecified atom stereocenters. The van der Waals surface area contributed by atoms with E-state index in [2.05, 4.69) is 292 Å². The SMILES string of the molecule is Cc1c(CNc2ccccc2P(c2ccccc2)c2ccccc2)c(C)c(CNc2ccccc2P(c2ccccc2)c2ccccc2)c(C)c1CNc1ccccc1P(c1ccccc1)c1ccccc1. The number of rotatable bonds is 18. The molecule has 3 N–H and O–H groups in total. The lowest BCUT2D eigenvalue weighted by Gasteiger charge is -2.27. The van der Waals surface area contributed by atoms with Crippen molar-refractivity contribution in [1.82, 2.24) is 0 Å². The molecule has 0 aliphatic carbocycles. The molecule has 6 heteroatoms. The largest absolute Gasteiger partial charge is 0.380 e. The minimum absolute atomic E-state index is 0.690. The summed E-state index contributed by atoms with van der Waals surface area (Å²) in [5, 5.41) is 24.2. The van der Waals surface area contributed by atoms with Gasteiger partial charge in [-0.05, 0) is 128 Å². The van der Waals surface area contributed by atoms with Gasteiger partial charge in [-0.25, -0.2) is 0 Å². The molecule has 0 saturated carbocycles. The quantitative estimate of drug-likeness (QED) is 0.0750. The molecule has 10 aromatic rings. The summed E-state index contributed by atoms with van der Waals surface area (Å²) >= 11 is 0. The Morgan fingerprint density at radius 2 is 0.417 bits per heavy atom. The van der Waals surface area contributed by atoms with Gasteiger partial charge < -0.3 is 16.0 Å². The molecule has 10 rings (SSSR count). The van der Waals surface area contributed by atoms with E-state index in [1.807, 2.05) is 0 Å². The van der Waals surface area contributed by atoms with Gasteiger partial charge in [-0.15, -0.1) is 0 Å². The van der Waals surface area contributed by atoms with Gasteiger partial charge in [-0.1, -0.05) is 237 Å². The molecule has 3 nitrogen and oxygen atoms in total. The van der Waals surface area contributed by atoms with Crippen molar-refractivity contribution in [3.8, 4) is 0 Å². The lowest BCUT2D eigenvalue weighted by molar-refractivity contribution is 0.973. The van der Waals surface area contributed by atoms with Crippen LogP contribution in [0, 0.1) is 20.8 Å². The lowest BCUT2D eigenvalue weighted by Crippen LogP contribution is -2.24. The van der Waals surface area contributed by atoms with Gasteiger partial charge in [0.1, 0.15) is 0 Å². The summed E-state index contributed by atoms with van der Waals surface area (Å²) in [5.41, 5.74) is 11.5. The number of nitrogens with one attached hydrogen (secondary N) is 3. The third kappa shape index (κ3) is 10.9. The highest BCUT2D eigenvalue weighted by atomic mass is 31.1. The van der Waals surface area contributed by atoms with Gasteiger partial charge >= 0.3 is 0 Å². The molecule has 0 saturated heterocycles. The molecule has 0 amide bonds. The highest BCUT2D eigenvalue weighted by molar-refractivity contribution is 7.81. The first kappa shape index (κ1) is 48.5. The third-order valence-corrected chi connectivity index (χ3v) is 21.1. The van der Waals surface area contributed by atoms with Crippen LogP contribution in [0.1, 0.15) is 33.4 Å². The van der Waals surface area contributed by atoms with E-state index in [1.54, 1.807) is 0 Å². The van der Waals surface area contributed by atoms with Gasteiger partial charge in [0.25, 0.3) is 0 Å². The van der Waals surface area contributed by atoms with E-state index in [1.165, 1.54) is 98.2 Å². The minimum Gasteiger partial charge on any atom is -0.380 e. The average molecular weight is 988 g/mol. The summed E-state index contributed by atoms with van der Waals surface area (Å²) in [5.74, 6) is 0. The zero-order valence-electron chi connectivity index (χ0n) is 41.2. The maximum Gasteiger partial charge on any atom is 0.0427 e. The standard InChI is InChI=1S/C66H60N3P3/c1-49-58(46-67-61-40-22-25-43-64(61)70(52-28-10-4-11-29-52)53-30-12-5-13-31-53)50(2)60(48-69-63-42-24-27-45-66(63)72(56-36-18-8-19-37-56)57-38-20-9-21-39-57)51(3)59(49)47-68-62-41-23-26-44-65(62)71(54-32-14-6-15-33-54)55-34-16-7-17-35-55/h4-45,67-69H,46-48H2,1-3H3. The van der Waals surface area contributed by atoms with Crippen LogP contribution in [0.4, 0.5) is 17.1 Å². The van der Waals surface area contributed by atoms with E-state index in [4.69, 9.17) is 0 Å². The van der Waals surface area contributed by atoms with E-state index < -0.39 is 23.8 Å². The van der Waals surface area contributed by atoms with Crippen LogP contribution in [0.5, 0.6) is 0 Å². The van der Waals surface area contributed by atoms with Crippen LogP contribution >= 0.6 is 23.8 Å². The summed E-state index contributed by atoms with van der Waals surface area (Å²) in [4.78, 5) is 0. The van der Waals surface area contributed by atoms with Crippen LogP contribution < -0.4 is 63.7 Å². The fourth-order valence-electron chi connectivity index (χ4n) is 9.93. The van der Waals surface area contributed by atoms with E-state index in [9.17, 15) is 0 Å². The van der Waals surface area contributed by atoms with Gasteiger partial charge in [-0.3, -0.25) is 0 Å². The first-order valence-electron chi connectivity index (χ1n) is 24.8. The molecule has 72 heavy (non-hydrogen) atoms.